The lowest BCUT2D eigenvalue weighted by Gasteiger charge is -2.38. The van der Waals surface area contributed by atoms with E-state index in [1.54, 1.807) is 17.3 Å². The highest BCUT2D eigenvalue weighted by Crippen LogP contribution is 2.43. The van der Waals surface area contributed by atoms with Crippen LogP contribution in [0.3, 0.4) is 0 Å². The summed E-state index contributed by atoms with van der Waals surface area (Å²) in [6, 6.07) is 13.2. The van der Waals surface area contributed by atoms with Crippen molar-refractivity contribution in [1.29, 1.82) is 0 Å². The molecule has 1 saturated carbocycles. The smallest absolute Gasteiger partial charge is 0.249 e. The van der Waals surface area contributed by atoms with Crippen LogP contribution >= 0.6 is 0 Å². The number of carbonyl (C=O) groups excluding carboxylic acids is 1. The summed E-state index contributed by atoms with van der Waals surface area (Å²) in [5.41, 5.74) is 5.34. The molecule has 7 nitrogen and oxygen atoms in total. The van der Waals surface area contributed by atoms with Crippen LogP contribution in [0.25, 0.3) is 22.5 Å². The van der Waals surface area contributed by atoms with Crippen molar-refractivity contribution in [2.75, 3.05) is 11.9 Å². The highest BCUT2D eigenvalue weighted by molar-refractivity contribution is 5.80. The van der Waals surface area contributed by atoms with Crippen molar-refractivity contribution in [2.24, 2.45) is 5.92 Å². The highest BCUT2D eigenvalue weighted by Gasteiger charge is 2.49. The maximum atomic E-state index is 14.5. The summed E-state index contributed by atoms with van der Waals surface area (Å²) >= 11 is 0. The van der Waals surface area contributed by atoms with Crippen LogP contribution < -0.4 is 5.32 Å². The van der Waals surface area contributed by atoms with Crippen molar-refractivity contribution in [3.8, 4) is 22.5 Å². The Hall–Kier alpha value is -4.21. The molecule has 4 aromatic rings. The molecule has 0 spiro atoms. The number of anilines is 2. The van der Waals surface area contributed by atoms with Gasteiger partial charge in [0.15, 0.2) is 17.5 Å². The number of halogens is 3. The number of nitrogens with one attached hydrogen (secondary N) is 2. The number of hydrogen-bond donors (Lipinski definition) is 2. The maximum absolute atomic E-state index is 14.5. The molecule has 1 aliphatic heterocycles. The Balaban J connectivity index is 1.17. The first-order valence-corrected chi connectivity index (χ1v) is 12.0. The van der Waals surface area contributed by atoms with Gasteiger partial charge in [-0.15, -0.1) is 0 Å². The Labute approximate surface area is 210 Å². The largest absolute Gasteiger partial charge is 0.338 e. The molecule has 6 rings (SSSR count). The number of rotatable bonds is 5. The van der Waals surface area contributed by atoms with Crippen LogP contribution in [0.2, 0.25) is 0 Å². The van der Waals surface area contributed by atoms with E-state index in [1.165, 1.54) is 0 Å². The first-order valence-electron chi connectivity index (χ1n) is 12.0. The van der Waals surface area contributed by atoms with E-state index in [0.717, 1.165) is 34.0 Å². The fourth-order valence-electron chi connectivity index (χ4n) is 4.86. The van der Waals surface area contributed by atoms with Gasteiger partial charge in [0.05, 0.1) is 12.4 Å². The molecule has 3 heterocycles. The summed E-state index contributed by atoms with van der Waals surface area (Å²) in [6.45, 7) is 0.867. The average molecular weight is 505 g/mol. The molecule has 1 amide bonds. The minimum Gasteiger partial charge on any atom is -0.338 e. The zero-order valence-electron chi connectivity index (χ0n) is 19.7. The van der Waals surface area contributed by atoms with E-state index in [0.29, 0.717) is 31.0 Å². The van der Waals surface area contributed by atoms with Gasteiger partial charge in [-0.1, -0.05) is 24.3 Å². The minimum atomic E-state index is -2.71. The van der Waals surface area contributed by atoms with Gasteiger partial charge in [0.1, 0.15) is 0 Å². The summed E-state index contributed by atoms with van der Waals surface area (Å²) in [5, 5.41) is 9.74. The summed E-state index contributed by atoms with van der Waals surface area (Å²) in [4.78, 5) is 22.8. The van der Waals surface area contributed by atoms with Crippen molar-refractivity contribution in [3.63, 3.8) is 0 Å². The second-order valence-electron chi connectivity index (χ2n) is 9.53. The number of benzene rings is 2. The van der Waals surface area contributed by atoms with Crippen LogP contribution in [-0.4, -0.2) is 43.4 Å². The Bertz CT molecular complexity index is 1450. The lowest BCUT2D eigenvalue weighted by Crippen LogP contribution is -2.48. The predicted molar refractivity (Wildman–Crippen MR) is 132 cm³/mol. The molecule has 2 aromatic heterocycles. The standard InChI is InChI=1S/C27H23F3N6O/c28-23-14-31-24(35-25(23)34-22-5-3-16(4-6-22)21-12-32-33-13-21)18-1-2-19-15-36(8-7-17(19)9-18)26(37)20-10-27(29,30)11-20/h1-6,9,12-14,20H,7-8,10-11,15H2,(H,32,33)(H,31,34,35). The van der Waals surface area contributed by atoms with Gasteiger partial charge in [-0.25, -0.2) is 23.1 Å². The molecule has 188 valence electrons. The maximum Gasteiger partial charge on any atom is 0.249 e. The SMILES string of the molecule is O=C(C1CC(F)(F)C1)N1CCc2cc(-c3ncc(F)c(Nc4ccc(-c5cn[nH]c5)cc4)n3)ccc2C1. The molecule has 2 N–H and O–H groups in total. The number of hydrogen-bond acceptors (Lipinski definition) is 5. The molecule has 0 saturated heterocycles. The van der Waals surface area contributed by atoms with Crippen molar-refractivity contribution in [1.82, 2.24) is 25.1 Å². The molecule has 37 heavy (non-hydrogen) atoms. The van der Waals surface area contributed by atoms with E-state index in [9.17, 15) is 18.0 Å². The van der Waals surface area contributed by atoms with Crippen LogP contribution in [0.5, 0.6) is 0 Å². The third-order valence-corrected chi connectivity index (χ3v) is 6.95. The number of alkyl halides is 2. The van der Waals surface area contributed by atoms with E-state index in [-0.39, 0.29) is 24.6 Å². The molecule has 2 aromatic carbocycles. The number of nitrogens with zero attached hydrogens (tertiary/aromatic N) is 4. The zero-order valence-corrected chi connectivity index (χ0v) is 19.7. The number of fused-ring (bicyclic) bond motifs is 1. The zero-order chi connectivity index (χ0) is 25.6. The quantitative estimate of drug-likeness (QED) is 0.383. The number of carbonyl (C=O) groups is 1. The summed E-state index contributed by atoms with van der Waals surface area (Å²) < 4.78 is 40.9. The van der Waals surface area contributed by atoms with Crippen LogP contribution in [0, 0.1) is 11.7 Å². The number of aromatic nitrogens is 4. The van der Waals surface area contributed by atoms with Gasteiger partial charge in [0, 0.05) is 54.9 Å². The molecule has 0 bridgehead atoms. The summed E-state index contributed by atoms with van der Waals surface area (Å²) in [6.07, 6.45) is 4.54. The number of aromatic amines is 1. The van der Waals surface area contributed by atoms with Crippen LogP contribution in [0.1, 0.15) is 24.0 Å². The van der Waals surface area contributed by atoms with E-state index in [2.05, 4.69) is 25.5 Å². The fraction of sp³-hybridized carbons (Fsp3) is 0.259. The molecular formula is C27H23F3N6O. The van der Waals surface area contributed by atoms with Gasteiger partial charge in [0.2, 0.25) is 11.8 Å². The van der Waals surface area contributed by atoms with Gasteiger partial charge in [-0.05, 0) is 41.3 Å². The molecule has 1 aliphatic carbocycles. The van der Waals surface area contributed by atoms with Crippen LogP contribution in [0.4, 0.5) is 24.7 Å². The molecule has 0 unspecified atom stereocenters. The predicted octanol–water partition coefficient (Wildman–Crippen LogP) is 5.35. The monoisotopic (exact) mass is 504 g/mol. The third-order valence-electron chi connectivity index (χ3n) is 6.95. The van der Waals surface area contributed by atoms with Gasteiger partial charge >= 0.3 is 0 Å². The molecule has 2 aliphatic rings. The summed E-state index contributed by atoms with van der Waals surface area (Å²) in [5.74, 6) is -3.64. The molecule has 10 heteroatoms. The first-order chi connectivity index (χ1) is 17.8. The third kappa shape index (κ3) is 4.66. The van der Waals surface area contributed by atoms with Gasteiger partial charge in [-0.2, -0.15) is 5.10 Å². The number of amides is 1. The van der Waals surface area contributed by atoms with Crippen molar-refractivity contribution in [2.45, 2.75) is 31.7 Å². The lowest BCUT2D eigenvalue weighted by atomic mass is 9.80. The van der Waals surface area contributed by atoms with E-state index >= 15 is 0 Å². The lowest BCUT2D eigenvalue weighted by molar-refractivity contribution is -0.160. The average Bonchev–Trinajstić information content (AvgIpc) is 3.43. The van der Waals surface area contributed by atoms with E-state index < -0.39 is 17.7 Å². The molecule has 0 radical (unpaired) electrons. The van der Waals surface area contributed by atoms with E-state index in [1.807, 2.05) is 42.5 Å². The van der Waals surface area contributed by atoms with Gasteiger partial charge in [-0.3, -0.25) is 9.89 Å². The van der Waals surface area contributed by atoms with Crippen molar-refractivity contribution < 1.29 is 18.0 Å². The van der Waals surface area contributed by atoms with E-state index in [4.69, 9.17) is 0 Å². The normalized spacial score (nSPS) is 16.7. The molecular weight excluding hydrogens is 481 g/mol. The van der Waals surface area contributed by atoms with Crippen molar-refractivity contribution >= 4 is 17.4 Å². The molecule has 1 fully saturated rings. The topological polar surface area (TPSA) is 86.8 Å². The highest BCUT2D eigenvalue weighted by atomic mass is 19.3. The Morgan fingerprint density at radius 1 is 1.03 bits per heavy atom. The van der Waals surface area contributed by atoms with Crippen molar-refractivity contribution in [3.05, 3.63) is 78.0 Å². The summed E-state index contributed by atoms with van der Waals surface area (Å²) in [7, 11) is 0. The fourth-order valence-corrected chi connectivity index (χ4v) is 4.86. The van der Waals surface area contributed by atoms with Gasteiger partial charge < -0.3 is 10.2 Å². The van der Waals surface area contributed by atoms with Crippen LogP contribution in [0.15, 0.2) is 61.1 Å². The van der Waals surface area contributed by atoms with Gasteiger partial charge in [0.25, 0.3) is 0 Å². The van der Waals surface area contributed by atoms with Crippen LogP contribution in [-0.2, 0) is 17.8 Å². The Morgan fingerprint density at radius 2 is 1.81 bits per heavy atom. The first kappa shape index (κ1) is 23.2. The second kappa shape index (κ2) is 9.02. The second-order valence-corrected chi connectivity index (χ2v) is 9.53. The Morgan fingerprint density at radius 3 is 2.54 bits per heavy atom. The Kier molecular flexibility index (Phi) is 5.66. The minimum absolute atomic E-state index is 0.0628. The molecule has 0 atom stereocenters. The number of H-pyrrole nitrogens is 1.